The maximum absolute atomic E-state index is 12.1. The molecular formula is C16H17BrN2O. The van der Waals surface area contributed by atoms with Gasteiger partial charge in [-0.05, 0) is 43.2 Å². The van der Waals surface area contributed by atoms with Gasteiger partial charge >= 0.3 is 0 Å². The van der Waals surface area contributed by atoms with Crippen LogP contribution in [0.4, 0.5) is 0 Å². The fraction of sp³-hybridized carbons (Fsp3) is 0.250. The molecule has 2 rings (SSSR count). The number of pyridine rings is 1. The maximum Gasteiger partial charge on any atom is 0.225 e. The van der Waals surface area contributed by atoms with Crippen LogP contribution in [0, 0.1) is 0 Å². The van der Waals surface area contributed by atoms with Crippen LogP contribution in [0.1, 0.15) is 25.0 Å². The van der Waals surface area contributed by atoms with Crippen LogP contribution in [0.25, 0.3) is 0 Å². The minimum atomic E-state index is -0.430. The van der Waals surface area contributed by atoms with E-state index in [4.69, 9.17) is 0 Å². The van der Waals surface area contributed by atoms with E-state index in [2.05, 4.69) is 26.2 Å². The van der Waals surface area contributed by atoms with E-state index >= 15 is 0 Å². The van der Waals surface area contributed by atoms with Crippen molar-refractivity contribution in [2.24, 2.45) is 0 Å². The molecular weight excluding hydrogens is 316 g/mol. The highest BCUT2D eigenvalue weighted by atomic mass is 79.9. The zero-order valence-electron chi connectivity index (χ0n) is 11.6. The molecule has 1 N–H and O–H groups in total. The van der Waals surface area contributed by atoms with E-state index in [0.29, 0.717) is 6.42 Å². The number of carbonyl (C=O) groups is 1. The summed E-state index contributed by atoms with van der Waals surface area (Å²) in [6, 6.07) is 11.6. The number of nitrogens with one attached hydrogen (secondary N) is 1. The Morgan fingerprint density at radius 1 is 1.25 bits per heavy atom. The molecule has 0 fully saturated rings. The third kappa shape index (κ3) is 3.90. The van der Waals surface area contributed by atoms with E-state index in [9.17, 15) is 4.79 Å². The van der Waals surface area contributed by atoms with Gasteiger partial charge in [-0.15, -0.1) is 0 Å². The first-order valence-corrected chi connectivity index (χ1v) is 7.22. The lowest BCUT2D eigenvalue weighted by atomic mass is 9.95. The predicted molar refractivity (Wildman–Crippen MR) is 83.3 cm³/mol. The Morgan fingerprint density at radius 2 is 1.95 bits per heavy atom. The third-order valence-corrected chi connectivity index (χ3v) is 3.64. The number of nitrogens with zero attached hydrogens (tertiary/aromatic N) is 1. The third-order valence-electron chi connectivity index (χ3n) is 3.11. The molecule has 1 aromatic heterocycles. The second-order valence-corrected chi connectivity index (χ2v) is 6.13. The van der Waals surface area contributed by atoms with Crippen molar-refractivity contribution in [3.05, 3.63) is 64.4 Å². The molecule has 2 aromatic rings. The number of benzene rings is 1. The molecule has 1 aromatic carbocycles. The molecule has 0 saturated heterocycles. The Hall–Kier alpha value is -1.68. The SMILES string of the molecule is CC(C)(NC(=O)Cc1ccc(Br)cc1)c1cccnc1. The molecule has 0 aliphatic heterocycles. The van der Waals surface area contributed by atoms with Gasteiger partial charge in [0.2, 0.25) is 5.91 Å². The molecule has 0 atom stereocenters. The Kier molecular flexibility index (Phi) is 4.55. The van der Waals surface area contributed by atoms with Crippen LogP contribution < -0.4 is 5.32 Å². The first-order valence-electron chi connectivity index (χ1n) is 6.43. The minimum absolute atomic E-state index is 0.00109. The van der Waals surface area contributed by atoms with Gasteiger partial charge in [-0.3, -0.25) is 9.78 Å². The molecule has 1 amide bonds. The average Bonchev–Trinajstić information content (AvgIpc) is 2.42. The topological polar surface area (TPSA) is 42.0 Å². The molecule has 20 heavy (non-hydrogen) atoms. The van der Waals surface area contributed by atoms with E-state index in [-0.39, 0.29) is 5.91 Å². The van der Waals surface area contributed by atoms with Crippen LogP contribution in [0.5, 0.6) is 0 Å². The number of aromatic nitrogens is 1. The fourth-order valence-corrected chi connectivity index (χ4v) is 2.25. The van der Waals surface area contributed by atoms with Crippen molar-refractivity contribution >= 4 is 21.8 Å². The van der Waals surface area contributed by atoms with Crippen molar-refractivity contribution in [2.75, 3.05) is 0 Å². The number of rotatable bonds is 4. The zero-order chi connectivity index (χ0) is 14.6. The normalized spacial score (nSPS) is 11.2. The Bertz CT molecular complexity index is 579. The zero-order valence-corrected chi connectivity index (χ0v) is 13.1. The highest BCUT2D eigenvalue weighted by Gasteiger charge is 2.22. The number of hydrogen-bond acceptors (Lipinski definition) is 2. The largest absolute Gasteiger partial charge is 0.347 e. The molecule has 0 unspecified atom stereocenters. The van der Waals surface area contributed by atoms with E-state index < -0.39 is 5.54 Å². The summed E-state index contributed by atoms with van der Waals surface area (Å²) in [5, 5.41) is 3.04. The molecule has 104 valence electrons. The van der Waals surface area contributed by atoms with Crippen LogP contribution >= 0.6 is 15.9 Å². The highest BCUT2D eigenvalue weighted by Crippen LogP contribution is 2.19. The average molecular weight is 333 g/mol. The summed E-state index contributed by atoms with van der Waals surface area (Å²) >= 11 is 3.38. The Balaban J connectivity index is 2.02. The van der Waals surface area contributed by atoms with Gasteiger partial charge < -0.3 is 5.32 Å². The fourth-order valence-electron chi connectivity index (χ4n) is 1.99. The van der Waals surface area contributed by atoms with E-state index in [1.807, 2.05) is 50.2 Å². The lowest BCUT2D eigenvalue weighted by Gasteiger charge is -2.26. The van der Waals surface area contributed by atoms with Crippen molar-refractivity contribution in [3.63, 3.8) is 0 Å². The lowest BCUT2D eigenvalue weighted by Crippen LogP contribution is -2.41. The van der Waals surface area contributed by atoms with Gasteiger partial charge in [-0.2, -0.15) is 0 Å². The van der Waals surface area contributed by atoms with Gasteiger partial charge in [-0.1, -0.05) is 34.1 Å². The summed E-state index contributed by atoms with van der Waals surface area (Å²) in [7, 11) is 0. The molecule has 1 heterocycles. The van der Waals surface area contributed by atoms with Gasteiger partial charge in [0.15, 0.2) is 0 Å². The molecule has 4 heteroatoms. The quantitative estimate of drug-likeness (QED) is 0.931. The number of hydrogen-bond donors (Lipinski definition) is 1. The van der Waals surface area contributed by atoms with Gasteiger partial charge in [0.05, 0.1) is 12.0 Å². The van der Waals surface area contributed by atoms with Gasteiger partial charge in [0.25, 0.3) is 0 Å². The van der Waals surface area contributed by atoms with Gasteiger partial charge in [0, 0.05) is 16.9 Å². The summed E-state index contributed by atoms with van der Waals surface area (Å²) in [6.07, 6.45) is 3.88. The smallest absolute Gasteiger partial charge is 0.225 e. The Labute approximate surface area is 127 Å². The molecule has 3 nitrogen and oxygen atoms in total. The summed E-state index contributed by atoms with van der Waals surface area (Å²) in [5.41, 5.74) is 1.55. The van der Waals surface area contributed by atoms with Crippen LogP contribution in [0.2, 0.25) is 0 Å². The van der Waals surface area contributed by atoms with Crippen LogP contribution in [-0.2, 0) is 16.8 Å². The Morgan fingerprint density at radius 3 is 2.55 bits per heavy atom. The number of halogens is 1. The number of carbonyl (C=O) groups excluding carboxylic acids is 1. The van der Waals surface area contributed by atoms with Crippen LogP contribution in [0.15, 0.2) is 53.3 Å². The number of amides is 1. The lowest BCUT2D eigenvalue weighted by molar-refractivity contribution is -0.122. The van der Waals surface area contributed by atoms with E-state index in [0.717, 1.165) is 15.6 Å². The van der Waals surface area contributed by atoms with Crippen LogP contribution in [-0.4, -0.2) is 10.9 Å². The van der Waals surface area contributed by atoms with E-state index in [1.54, 1.807) is 12.4 Å². The first-order chi connectivity index (χ1) is 9.47. The molecule has 0 aliphatic carbocycles. The second kappa shape index (κ2) is 6.18. The van der Waals surface area contributed by atoms with Gasteiger partial charge in [0.1, 0.15) is 0 Å². The van der Waals surface area contributed by atoms with E-state index in [1.165, 1.54) is 0 Å². The molecule has 0 bridgehead atoms. The predicted octanol–water partition coefficient (Wildman–Crippen LogP) is 3.44. The summed E-state index contributed by atoms with van der Waals surface area (Å²) in [4.78, 5) is 16.2. The van der Waals surface area contributed by atoms with Gasteiger partial charge in [-0.25, -0.2) is 0 Å². The van der Waals surface area contributed by atoms with Crippen molar-refractivity contribution in [1.29, 1.82) is 0 Å². The summed E-state index contributed by atoms with van der Waals surface area (Å²) in [6.45, 7) is 3.95. The second-order valence-electron chi connectivity index (χ2n) is 5.22. The molecule has 0 aliphatic rings. The summed E-state index contributed by atoms with van der Waals surface area (Å²) < 4.78 is 1.01. The molecule has 0 saturated carbocycles. The van der Waals surface area contributed by atoms with Crippen molar-refractivity contribution < 1.29 is 4.79 Å². The maximum atomic E-state index is 12.1. The minimum Gasteiger partial charge on any atom is -0.347 e. The molecule has 0 radical (unpaired) electrons. The van der Waals surface area contributed by atoms with Crippen molar-refractivity contribution in [3.8, 4) is 0 Å². The summed E-state index contributed by atoms with van der Waals surface area (Å²) in [5.74, 6) is 0.00109. The molecule has 0 spiro atoms. The first kappa shape index (κ1) is 14.7. The standard InChI is InChI=1S/C16H17BrN2O/c1-16(2,13-4-3-9-18-11-13)19-15(20)10-12-5-7-14(17)8-6-12/h3-9,11H,10H2,1-2H3,(H,19,20). The van der Waals surface area contributed by atoms with Crippen molar-refractivity contribution in [2.45, 2.75) is 25.8 Å². The van der Waals surface area contributed by atoms with Crippen molar-refractivity contribution in [1.82, 2.24) is 10.3 Å². The highest BCUT2D eigenvalue weighted by molar-refractivity contribution is 9.10. The van der Waals surface area contributed by atoms with Crippen LogP contribution in [0.3, 0.4) is 0 Å². The monoisotopic (exact) mass is 332 g/mol.